The highest BCUT2D eigenvalue weighted by molar-refractivity contribution is 5.28. The summed E-state index contributed by atoms with van der Waals surface area (Å²) >= 11 is 0. The first kappa shape index (κ1) is 9.53. The molecule has 0 aromatic carbocycles. The molecule has 0 bridgehead atoms. The molecule has 1 heterocycles. The summed E-state index contributed by atoms with van der Waals surface area (Å²) in [5.41, 5.74) is 2.55. The molecule has 0 fully saturated rings. The normalized spacial score (nSPS) is 23.6. The highest BCUT2D eigenvalue weighted by atomic mass is 16.5. The van der Waals surface area contributed by atoms with Crippen molar-refractivity contribution in [1.82, 2.24) is 0 Å². The van der Waals surface area contributed by atoms with Crippen molar-refractivity contribution < 1.29 is 4.74 Å². The van der Waals surface area contributed by atoms with E-state index in [1.807, 2.05) is 0 Å². The van der Waals surface area contributed by atoms with Crippen molar-refractivity contribution in [2.45, 2.75) is 32.6 Å². The van der Waals surface area contributed by atoms with E-state index >= 15 is 0 Å². The minimum Gasteiger partial charge on any atom is -0.377 e. The Bertz CT molecular complexity index is 179. The maximum Gasteiger partial charge on any atom is 0.0716 e. The molecule has 0 spiro atoms. The monoisotopic (exact) mass is 166 g/mol. The Morgan fingerprint density at radius 2 is 2.42 bits per heavy atom. The summed E-state index contributed by atoms with van der Waals surface area (Å²) in [5, 5.41) is 0. The quantitative estimate of drug-likeness (QED) is 0.612. The van der Waals surface area contributed by atoms with Gasteiger partial charge in [0.05, 0.1) is 6.61 Å². The van der Waals surface area contributed by atoms with E-state index in [-0.39, 0.29) is 0 Å². The first-order valence-electron chi connectivity index (χ1n) is 4.79. The summed E-state index contributed by atoms with van der Waals surface area (Å²) in [6.07, 6.45) is 6.96. The van der Waals surface area contributed by atoms with E-state index in [2.05, 4.69) is 19.6 Å². The number of rotatable bonds is 2. The number of hydrogen-bond acceptors (Lipinski definition) is 1. The third kappa shape index (κ3) is 2.82. The molecule has 0 aromatic heterocycles. The Kier molecular flexibility index (Phi) is 4.09. The van der Waals surface area contributed by atoms with E-state index in [9.17, 15) is 0 Å². The van der Waals surface area contributed by atoms with Crippen LogP contribution in [0.5, 0.6) is 0 Å². The van der Waals surface area contributed by atoms with Crippen LogP contribution in [0.4, 0.5) is 0 Å². The van der Waals surface area contributed by atoms with Gasteiger partial charge < -0.3 is 4.74 Å². The van der Waals surface area contributed by atoms with Crippen LogP contribution in [0.1, 0.15) is 32.6 Å². The molecule has 12 heavy (non-hydrogen) atoms. The van der Waals surface area contributed by atoms with Crippen molar-refractivity contribution in [3.63, 3.8) is 0 Å². The van der Waals surface area contributed by atoms with Crippen molar-refractivity contribution in [1.29, 1.82) is 0 Å². The smallest absolute Gasteiger partial charge is 0.0716 e. The molecule has 0 radical (unpaired) electrons. The molecule has 0 aromatic rings. The van der Waals surface area contributed by atoms with Gasteiger partial charge in [0.25, 0.3) is 0 Å². The van der Waals surface area contributed by atoms with Crippen LogP contribution in [0.25, 0.3) is 0 Å². The molecule has 0 aliphatic carbocycles. The molecule has 68 valence electrons. The molecule has 0 amide bonds. The van der Waals surface area contributed by atoms with Crippen LogP contribution >= 0.6 is 0 Å². The van der Waals surface area contributed by atoms with E-state index < -0.39 is 0 Å². The molecule has 0 saturated heterocycles. The molecule has 1 rings (SSSR count). The maximum absolute atomic E-state index is 5.48. The Labute approximate surface area is 75.1 Å². The zero-order chi connectivity index (χ0) is 8.81. The average molecular weight is 166 g/mol. The van der Waals surface area contributed by atoms with Gasteiger partial charge >= 0.3 is 0 Å². The molecule has 0 N–H and O–H groups in total. The fourth-order valence-electron chi connectivity index (χ4n) is 1.34. The zero-order valence-electron chi connectivity index (χ0n) is 7.94. The van der Waals surface area contributed by atoms with Crippen molar-refractivity contribution in [3.8, 4) is 0 Å². The summed E-state index contributed by atoms with van der Waals surface area (Å²) in [6.45, 7) is 7.84. The average Bonchev–Trinajstić information content (AvgIpc) is 2.02. The van der Waals surface area contributed by atoms with Gasteiger partial charge in [-0.15, -0.1) is 0 Å². The Balaban J connectivity index is 2.52. The minimum absolute atomic E-state index is 0.771. The molecular weight excluding hydrogens is 148 g/mol. The highest BCUT2D eigenvalue weighted by Crippen LogP contribution is 2.16. The second kappa shape index (κ2) is 5.15. The second-order valence-corrected chi connectivity index (χ2v) is 3.23. The molecule has 0 saturated carbocycles. The van der Waals surface area contributed by atoms with Crippen LogP contribution < -0.4 is 0 Å². The van der Waals surface area contributed by atoms with E-state index in [0.29, 0.717) is 0 Å². The van der Waals surface area contributed by atoms with Crippen molar-refractivity contribution in [3.05, 3.63) is 23.8 Å². The first-order valence-corrected chi connectivity index (χ1v) is 4.79. The van der Waals surface area contributed by atoms with Gasteiger partial charge in [-0.05, 0) is 31.3 Å². The van der Waals surface area contributed by atoms with Crippen LogP contribution in [0, 0.1) is 0 Å². The summed E-state index contributed by atoms with van der Waals surface area (Å²) in [5.74, 6) is 0. The SMILES string of the molecule is C=C(CC)/C1=C/CCCCOC1. The topological polar surface area (TPSA) is 9.23 Å². The third-order valence-electron chi connectivity index (χ3n) is 2.27. The van der Waals surface area contributed by atoms with Gasteiger partial charge in [0.15, 0.2) is 0 Å². The summed E-state index contributed by atoms with van der Waals surface area (Å²) in [4.78, 5) is 0. The second-order valence-electron chi connectivity index (χ2n) is 3.23. The van der Waals surface area contributed by atoms with E-state index in [4.69, 9.17) is 4.74 Å². The number of allylic oxidation sites excluding steroid dienone is 1. The number of hydrogen-bond donors (Lipinski definition) is 0. The van der Waals surface area contributed by atoms with Crippen LogP contribution in [-0.2, 0) is 4.74 Å². The lowest BCUT2D eigenvalue weighted by Gasteiger charge is -2.13. The predicted octanol–water partition coefficient (Wildman–Crippen LogP) is 3.08. The largest absolute Gasteiger partial charge is 0.377 e. The first-order chi connectivity index (χ1) is 5.84. The van der Waals surface area contributed by atoms with Gasteiger partial charge in [-0.3, -0.25) is 0 Å². The summed E-state index contributed by atoms with van der Waals surface area (Å²) in [6, 6.07) is 0. The highest BCUT2D eigenvalue weighted by Gasteiger charge is 2.03. The van der Waals surface area contributed by atoms with Gasteiger partial charge in [0.1, 0.15) is 0 Å². The van der Waals surface area contributed by atoms with Crippen LogP contribution in [0.15, 0.2) is 23.8 Å². The maximum atomic E-state index is 5.48. The lowest BCUT2D eigenvalue weighted by Crippen LogP contribution is -2.04. The van der Waals surface area contributed by atoms with Gasteiger partial charge in [0.2, 0.25) is 0 Å². The van der Waals surface area contributed by atoms with E-state index in [0.717, 1.165) is 19.6 Å². The predicted molar refractivity (Wildman–Crippen MR) is 52.2 cm³/mol. The molecule has 1 nitrogen and oxygen atoms in total. The van der Waals surface area contributed by atoms with Gasteiger partial charge in [-0.1, -0.05) is 25.2 Å². The molecule has 0 unspecified atom stereocenters. The molecule has 1 aliphatic rings. The third-order valence-corrected chi connectivity index (χ3v) is 2.27. The lowest BCUT2D eigenvalue weighted by molar-refractivity contribution is 0.149. The molecule has 0 atom stereocenters. The van der Waals surface area contributed by atoms with Gasteiger partial charge in [0, 0.05) is 6.61 Å². The van der Waals surface area contributed by atoms with Gasteiger partial charge in [-0.25, -0.2) is 0 Å². The molecule has 1 heteroatoms. The fourth-order valence-corrected chi connectivity index (χ4v) is 1.34. The number of ether oxygens (including phenoxy) is 1. The lowest BCUT2D eigenvalue weighted by atomic mass is 10.0. The minimum atomic E-state index is 0.771. The zero-order valence-corrected chi connectivity index (χ0v) is 7.94. The summed E-state index contributed by atoms with van der Waals surface area (Å²) < 4.78 is 5.48. The van der Waals surface area contributed by atoms with E-state index in [1.165, 1.54) is 30.4 Å². The Hall–Kier alpha value is -0.560. The van der Waals surface area contributed by atoms with Gasteiger partial charge in [-0.2, -0.15) is 0 Å². The van der Waals surface area contributed by atoms with E-state index in [1.54, 1.807) is 0 Å². The van der Waals surface area contributed by atoms with Crippen LogP contribution in [0.3, 0.4) is 0 Å². The Morgan fingerprint density at radius 3 is 3.17 bits per heavy atom. The molecular formula is C11H18O. The van der Waals surface area contributed by atoms with Crippen LogP contribution in [-0.4, -0.2) is 13.2 Å². The standard InChI is InChI=1S/C11H18O/c1-3-10(2)11-7-5-4-6-8-12-9-11/h7H,2-6,8-9H2,1H3/b11-7+. The van der Waals surface area contributed by atoms with Crippen molar-refractivity contribution in [2.24, 2.45) is 0 Å². The Morgan fingerprint density at radius 1 is 1.58 bits per heavy atom. The van der Waals surface area contributed by atoms with Crippen LogP contribution in [0.2, 0.25) is 0 Å². The van der Waals surface area contributed by atoms with Crippen molar-refractivity contribution in [2.75, 3.05) is 13.2 Å². The molecule has 1 aliphatic heterocycles. The van der Waals surface area contributed by atoms with Crippen molar-refractivity contribution >= 4 is 0 Å². The fraction of sp³-hybridized carbons (Fsp3) is 0.636. The summed E-state index contributed by atoms with van der Waals surface area (Å²) in [7, 11) is 0.